The van der Waals surface area contributed by atoms with Gasteiger partial charge in [-0.2, -0.15) is 0 Å². The van der Waals surface area contributed by atoms with Crippen LogP contribution in [0.1, 0.15) is 10.4 Å². The lowest BCUT2D eigenvalue weighted by atomic mass is 10.1. The summed E-state index contributed by atoms with van der Waals surface area (Å²) in [5.41, 5.74) is 0.902. The second kappa shape index (κ2) is 6.21. The zero-order valence-corrected chi connectivity index (χ0v) is 11.0. The molecule has 0 aliphatic carbocycles. The molecule has 0 radical (unpaired) electrons. The number of hydrogen-bond donors (Lipinski definition) is 2. The second-order valence-electron chi connectivity index (χ2n) is 4.31. The monoisotopic (exact) mass is 276 g/mol. The van der Waals surface area contributed by atoms with Crippen molar-refractivity contribution < 1.29 is 19.4 Å². The van der Waals surface area contributed by atoms with Gasteiger partial charge in [-0.25, -0.2) is 0 Å². The third-order valence-electron chi connectivity index (χ3n) is 2.87. The van der Waals surface area contributed by atoms with Crippen molar-refractivity contribution in [2.24, 2.45) is 0 Å². The Morgan fingerprint density at radius 2 is 2.35 bits per heavy atom. The Morgan fingerprint density at radius 3 is 3.05 bits per heavy atom. The minimum atomic E-state index is -0.250. The van der Waals surface area contributed by atoms with E-state index in [1.165, 1.54) is 4.90 Å². The van der Waals surface area contributed by atoms with Gasteiger partial charge in [-0.3, -0.25) is 9.59 Å². The number of carbonyl (C=O) groups is 2. The van der Waals surface area contributed by atoms with Gasteiger partial charge in [-0.05, 0) is 18.2 Å². The Bertz CT molecular complexity index is 542. The molecule has 1 aliphatic heterocycles. The van der Waals surface area contributed by atoms with E-state index in [0.717, 1.165) is 0 Å². The van der Waals surface area contributed by atoms with Crippen LogP contribution in [0.25, 0.3) is 0 Å². The van der Waals surface area contributed by atoms with Gasteiger partial charge >= 0.3 is 0 Å². The van der Waals surface area contributed by atoms with Crippen LogP contribution in [0.3, 0.4) is 0 Å². The van der Waals surface area contributed by atoms with Crippen LogP contribution < -0.4 is 10.1 Å². The van der Waals surface area contributed by atoms with E-state index >= 15 is 0 Å². The third kappa shape index (κ3) is 2.97. The van der Waals surface area contributed by atoms with E-state index in [1.54, 1.807) is 24.3 Å². The van der Waals surface area contributed by atoms with Crippen LogP contribution in [0, 0.1) is 0 Å². The van der Waals surface area contributed by atoms with E-state index in [2.05, 4.69) is 11.9 Å². The number of ether oxygens (including phenoxy) is 1. The number of carbonyl (C=O) groups excluding carboxylic acids is 2. The van der Waals surface area contributed by atoms with Crippen molar-refractivity contribution in [2.75, 3.05) is 31.6 Å². The highest BCUT2D eigenvalue weighted by Crippen LogP contribution is 2.28. The summed E-state index contributed by atoms with van der Waals surface area (Å²) in [6.07, 6.45) is 1.59. The van der Waals surface area contributed by atoms with Crippen molar-refractivity contribution >= 4 is 17.5 Å². The minimum Gasteiger partial charge on any atom is -0.482 e. The molecular formula is C14H16N2O4. The number of fused-ring (bicyclic) bond motifs is 1. The molecular weight excluding hydrogens is 260 g/mol. The molecule has 2 N–H and O–H groups in total. The van der Waals surface area contributed by atoms with Crippen LogP contribution in [0.5, 0.6) is 5.75 Å². The van der Waals surface area contributed by atoms with Gasteiger partial charge in [-0.15, -0.1) is 6.58 Å². The predicted octanol–water partition coefficient (Wildman–Crippen LogP) is 0.638. The van der Waals surface area contributed by atoms with Gasteiger partial charge in [0.1, 0.15) is 5.75 Å². The number of anilines is 1. The number of hydrogen-bond acceptors (Lipinski definition) is 4. The zero-order valence-electron chi connectivity index (χ0n) is 11.0. The molecule has 1 heterocycles. The molecule has 6 heteroatoms. The number of aliphatic hydroxyl groups excluding tert-OH is 1. The molecule has 0 saturated carbocycles. The minimum absolute atomic E-state index is 0.0204. The van der Waals surface area contributed by atoms with Gasteiger partial charge in [0.25, 0.3) is 11.8 Å². The Labute approximate surface area is 116 Å². The fourth-order valence-electron chi connectivity index (χ4n) is 1.95. The van der Waals surface area contributed by atoms with Crippen LogP contribution in [-0.4, -0.2) is 48.1 Å². The highest BCUT2D eigenvalue weighted by Gasteiger charge is 2.20. The number of aliphatic hydroxyl groups is 1. The van der Waals surface area contributed by atoms with Gasteiger partial charge in [0, 0.05) is 18.7 Å². The van der Waals surface area contributed by atoms with Crippen molar-refractivity contribution in [3.05, 3.63) is 36.4 Å². The summed E-state index contributed by atoms with van der Waals surface area (Å²) in [7, 11) is 0. The summed E-state index contributed by atoms with van der Waals surface area (Å²) >= 11 is 0. The van der Waals surface area contributed by atoms with Crippen molar-refractivity contribution in [1.29, 1.82) is 0 Å². The molecule has 0 fully saturated rings. The third-order valence-corrected chi connectivity index (χ3v) is 2.87. The van der Waals surface area contributed by atoms with Crippen molar-refractivity contribution in [3.63, 3.8) is 0 Å². The van der Waals surface area contributed by atoms with E-state index in [0.29, 0.717) is 23.5 Å². The average molecular weight is 276 g/mol. The van der Waals surface area contributed by atoms with E-state index < -0.39 is 0 Å². The lowest BCUT2D eigenvalue weighted by Gasteiger charge is -2.22. The van der Waals surface area contributed by atoms with E-state index in [-0.39, 0.29) is 31.6 Å². The molecule has 0 atom stereocenters. The van der Waals surface area contributed by atoms with Crippen LogP contribution in [0.2, 0.25) is 0 Å². The molecule has 0 unspecified atom stereocenters. The first kappa shape index (κ1) is 14.1. The maximum atomic E-state index is 12.3. The molecule has 106 valence electrons. The number of benzene rings is 1. The van der Waals surface area contributed by atoms with E-state index in [1.807, 2.05) is 0 Å². The Morgan fingerprint density at radius 1 is 1.55 bits per heavy atom. The summed E-state index contributed by atoms with van der Waals surface area (Å²) < 4.78 is 5.23. The first-order chi connectivity index (χ1) is 9.65. The van der Waals surface area contributed by atoms with Crippen molar-refractivity contribution in [3.8, 4) is 5.75 Å². The van der Waals surface area contributed by atoms with Gasteiger partial charge in [0.2, 0.25) is 0 Å². The Kier molecular flexibility index (Phi) is 4.37. The molecule has 0 aromatic heterocycles. The van der Waals surface area contributed by atoms with E-state index in [9.17, 15) is 9.59 Å². The molecule has 2 amide bonds. The summed E-state index contributed by atoms with van der Waals surface area (Å²) in [5.74, 6) is 0.0561. The Hall–Kier alpha value is -2.34. The quantitative estimate of drug-likeness (QED) is 0.773. The van der Waals surface area contributed by atoms with Gasteiger partial charge < -0.3 is 20.1 Å². The SMILES string of the molecule is C=CCN(CCO)C(=O)c1ccc2c(c1)NC(=O)CO2. The smallest absolute Gasteiger partial charge is 0.262 e. The first-order valence-electron chi connectivity index (χ1n) is 6.23. The summed E-state index contributed by atoms with van der Waals surface area (Å²) in [5, 5.41) is 11.6. The molecule has 20 heavy (non-hydrogen) atoms. The maximum absolute atomic E-state index is 12.3. The van der Waals surface area contributed by atoms with Crippen molar-refractivity contribution in [2.45, 2.75) is 0 Å². The van der Waals surface area contributed by atoms with Crippen molar-refractivity contribution in [1.82, 2.24) is 4.90 Å². The molecule has 0 spiro atoms. The van der Waals surface area contributed by atoms with E-state index in [4.69, 9.17) is 9.84 Å². The molecule has 2 rings (SSSR count). The first-order valence-corrected chi connectivity index (χ1v) is 6.23. The van der Waals surface area contributed by atoms with Crippen LogP contribution in [-0.2, 0) is 4.79 Å². The Balaban J connectivity index is 2.23. The second-order valence-corrected chi connectivity index (χ2v) is 4.31. The maximum Gasteiger partial charge on any atom is 0.262 e. The molecule has 0 saturated heterocycles. The van der Waals surface area contributed by atoms with Crippen LogP contribution in [0.15, 0.2) is 30.9 Å². The van der Waals surface area contributed by atoms with Crippen LogP contribution >= 0.6 is 0 Å². The number of rotatable bonds is 5. The topological polar surface area (TPSA) is 78.9 Å². The van der Waals surface area contributed by atoms with Gasteiger partial charge in [0.05, 0.1) is 12.3 Å². The summed E-state index contributed by atoms with van der Waals surface area (Å²) in [6.45, 7) is 4.02. The molecule has 1 aromatic rings. The lowest BCUT2D eigenvalue weighted by Crippen LogP contribution is -2.34. The molecule has 0 bridgehead atoms. The molecule has 6 nitrogen and oxygen atoms in total. The molecule has 1 aromatic carbocycles. The predicted molar refractivity (Wildman–Crippen MR) is 73.8 cm³/mol. The van der Waals surface area contributed by atoms with Gasteiger partial charge in [0.15, 0.2) is 6.61 Å². The standard InChI is InChI=1S/C14H16N2O4/c1-2-5-16(6-7-17)14(19)10-3-4-12-11(8-10)15-13(18)9-20-12/h2-4,8,17H,1,5-7,9H2,(H,15,18). The zero-order chi connectivity index (χ0) is 14.5. The number of nitrogens with one attached hydrogen (secondary N) is 1. The summed E-state index contributed by atoms with van der Waals surface area (Å²) in [6, 6.07) is 4.85. The summed E-state index contributed by atoms with van der Waals surface area (Å²) in [4.78, 5) is 25.0. The number of nitrogens with zero attached hydrogens (tertiary/aromatic N) is 1. The van der Waals surface area contributed by atoms with Gasteiger partial charge in [-0.1, -0.05) is 6.08 Å². The highest BCUT2D eigenvalue weighted by atomic mass is 16.5. The number of amides is 2. The highest BCUT2D eigenvalue weighted by molar-refractivity contribution is 5.99. The fourth-order valence-corrected chi connectivity index (χ4v) is 1.95. The average Bonchev–Trinajstić information content (AvgIpc) is 2.45. The largest absolute Gasteiger partial charge is 0.482 e. The normalized spacial score (nSPS) is 12.9. The fraction of sp³-hybridized carbons (Fsp3) is 0.286. The lowest BCUT2D eigenvalue weighted by molar-refractivity contribution is -0.118. The van der Waals surface area contributed by atoms with Crippen LogP contribution in [0.4, 0.5) is 5.69 Å². The molecule has 1 aliphatic rings.